The van der Waals surface area contributed by atoms with Gasteiger partial charge < -0.3 is 10.1 Å². The molecular weight excluding hydrogens is 244 g/mol. The highest BCUT2D eigenvalue weighted by atomic mass is 16.6. The molecule has 1 aliphatic rings. The van der Waals surface area contributed by atoms with Gasteiger partial charge >= 0.3 is 0 Å². The number of para-hydroxylation sites is 1. The van der Waals surface area contributed by atoms with Gasteiger partial charge in [-0.1, -0.05) is 18.2 Å². The van der Waals surface area contributed by atoms with Gasteiger partial charge in [0.2, 0.25) is 0 Å². The number of rotatable bonds is 5. The van der Waals surface area contributed by atoms with Crippen LogP contribution in [-0.4, -0.2) is 29.7 Å². The van der Waals surface area contributed by atoms with E-state index in [1.165, 1.54) is 0 Å². The molecular formula is C14H20N2O3. The second kappa shape index (κ2) is 5.67. The molecule has 1 fully saturated rings. The van der Waals surface area contributed by atoms with Gasteiger partial charge in [0, 0.05) is 30.3 Å². The number of nitrogens with zero attached hydrogens (tertiary/aromatic N) is 1. The minimum atomic E-state index is -0.321. The highest BCUT2D eigenvalue weighted by Gasteiger charge is 2.36. The number of hydrogen-bond acceptors (Lipinski definition) is 4. The van der Waals surface area contributed by atoms with Crippen LogP contribution in [-0.2, 0) is 11.2 Å². The van der Waals surface area contributed by atoms with Gasteiger partial charge in [0.05, 0.1) is 11.0 Å². The van der Waals surface area contributed by atoms with Crippen LogP contribution in [0.3, 0.4) is 0 Å². The molecule has 5 nitrogen and oxygen atoms in total. The lowest BCUT2D eigenvalue weighted by atomic mass is 9.94. The molecule has 0 spiro atoms. The number of hydrogen-bond donors (Lipinski definition) is 1. The number of benzene rings is 1. The molecule has 0 bridgehead atoms. The van der Waals surface area contributed by atoms with Crippen LogP contribution in [0.15, 0.2) is 24.3 Å². The van der Waals surface area contributed by atoms with Crippen molar-refractivity contribution >= 4 is 5.69 Å². The van der Waals surface area contributed by atoms with E-state index < -0.39 is 0 Å². The molecule has 0 amide bonds. The average Bonchev–Trinajstić information content (AvgIpc) is 2.70. The maximum Gasteiger partial charge on any atom is 0.272 e. The molecule has 0 aromatic heterocycles. The van der Waals surface area contributed by atoms with Gasteiger partial charge in [-0.15, -0.1) is 0 Å². The van der Waals surface area contributed by atoms with Gasteiger partial charge in [0.25, 0.3) is 5.69 Å². The highest BCUT2D eigenvalue weighted by Crippen LogP contribution is 2.25. The van der Waals surface area contributed by atoms with Crippen molar-refractivity contribution in [3.63, 3.8) is 0 Å². The predicted molar refractivity (Wildman–Crippen MR) is 73.2 cm³/mol. The summed E-state index contributed by atoms with van der Waals surface area (Å²) in [7, 11) is 0. The summed E-state index contributed by atoms with van der Waals surface area (Å²) in [6.45, 7) is 5.69. The van der Waals surface area contributed by atoms with E-state index in [0.717, 1.165) is 25.1 Å². The zero-order chi connectivity index (χ0) is 13.9. The van der Waals surface area contributed by atoms with E-state index in [-0.39, 0.29) is 22.3 Å². The Bertz CT molecular complexity index is 464. The molecule has 1 N–H and O–H groups in total. The molecule has 0 radical (unpaired) electrons. The molecule has 1 aromatic rings. The third-order valence-corrected chi connectivity index (χ3v) is 4.00. The fourth-order valence-electron chi connectivity index (χ4n) is 2.45. The Morgan fingerprint density at radius 1 is 1.53 bits per heavy atom. The van der Waals surface area contributed by atoms with Crippen molar-refractivity contribution in [1.82, 2.24) is 5.32 Å². The summed E-state index contributed by atoms with van der Waals surface area (Å²) < 4.78 is 5.56. The molecule has 1 aliphatic heterocycles. The second-order valence-electron chi connectivity index (χ2n) is 5.24. The maximum absolute atomic E-state index is 10.9. The first kappa shape index (κ1) is 14.0. The smallest absolute Gasteiger partial charge is 0.272 e. The Kier molecular flexibility index (Phi) is 4.17. The Labute approximate surface area is 113 Å². The van der Waals surface area contributed by atoms with Crippen molar-refractivity contribution in [2.75, 3.05) is 13.2 Å². The van der Waals surface area contributed by atoms with E-state index in [0.29, 0.717) is 6.42 Å². The van der Waals surface area contributed by atoms with Crippen LogP contribution < -0.4 is 5.32 Å². The van der Waals surface area contributed by atoms with Crippen LogP contribution in [0.4, 0.5) is 5.69 Å². The first-order valence-corrected chi connectivity index (χ1v) is 6.62. The Morgan fingerprint density at radius 2 is 2.26 bits per heavy atom. The number of nitrogens with one attached hydrogen (secondary N) is 1. The molecule has 0 saturated carbocycles. The number of nitro benzene ring substituents is 1. The molecule has 0 aliphatic carbocycles. The zero-order valence-electron chi connectivity index (χ0n) is 11.4. The van der Waals surface area contributed by atoms with E-state index in [1.54, 1.807) is 12.1 Å². The van der Waals surface area contributed by atoms with E-state index >= 15 is 0 Å². The monoisotopic (exact) mass is 264 g/mol. The van der Waals surface area contributed by atoms with Gasteiger partial charge in [-0.05, 0) is 26.7 Å². The molecule has 19 heavy (non-hydrogen) atoms. The Balaban J connectivity index is 1.94. The van der Waals surface area contributed by atoms with Crippen LogP contribution in [0.1, 0.15) is 25.8 Å². The van der Waals surface area contributed by atoms with Gasteiger partial charge in [-0.3, -0.25) is 10.1 Å². The standard InChI is InChI=1S/C14H20N2O3/c1-11-14(2,8-10-19-11)15-9-7-12-5-3-4-6-13(12)16(17)18/h3-6,11,15H,7-10H2,1-2H3. The normalized spacial score (nSPS) is 26.5. The van der Waals surface area contributed by atoms with Crippen LogP contribution in [0.2, 0.25) is 0 Å². The van der Waals surface area contributed by atoms with Crippen molar-refractivity contribution in [1.29, 1.82) is 0 Å². The lowest BCUT2D eigenvalue weighted by Crippen LogP contribution is -2.48. The maximum atomic E-state index is 10.9. The quantitative estimate of drug-likeness (QED) is 0.654. The van der Waals surface area contributed by atoms with E-state index in [1.807, 2.05) is 12.1 Å². The van der Waals surface area contributed by atoms with Crippen LogP contribution in [0.25, 0.3) is 0 Å². The molecule has 2 unspecified atom stereocenters. The molecule has 5 heteroatoms. The minimum absolute atomic E-state index is 0.0242. The summed E-state index contributed by atoms with van der Waals surface area (Å²) in [5.41, 5.74) is 0.948. The van der Waals surface area contributed by atoms with Crippen molar-refractivity contribution in [2.24, 2.45) is 0 Å². The third-order valence-electron chi connectivity index (χ3n) is 4.00. The van der Waals surface area contributed by atoms with Crippen molar-refractivity contribution < 1.29 is 9.66 Å². The number of nitro groups is 1. The van der Waals surface area contributed by atoms with Crippen LogP contribution in [0, 0.1) is 10.1 Å². The number of ether oxygens (including phenoxy) is 1. The Morgan fingerprint density at radius 3 is 2.89 bits per heavy atom. The first-order chi connectivity index (χ1) is 9.03. The summed E-state index contributed by atoms with van der Waals surface area (Å²) in [5, 5.41) is 14.4. The summed E-state index contributed by atoms with van der Waals surface area (Å²) >= 11 is 0. The van der Waals surface area contributed by atoms with Crippen molar-refractivity contribution in [3.8, 4) is 0 Å². The summed E-state index contributed by atoms with van der Waals surface area (Å²) in [4.78, 5) is 10.6. The summed E-state index contributed by atoms with van der Waals surface area (Å²) in [5.74, 6) is 0. The average molecular weight is 264 g/mol. The molecule has 104 valence electrons. The van der Waals surface area contributed by atoms with Crippen molar-refractivity contribution in [3.05, 3.63) is 39.9 Å². The van der Waals surface area contributed by atoms with Gasteiger partial charge in [0.15, 0.2) is 0 Å². The van der Waals surface area contributed by atoms with E-state index in [2.05, 4.69) is 19.2 Å². The van der Waals surface area contributed by atoms with Crippen LogP contribution >= 0.6 is 0 Å². The molecule has 1 aromatic carbocycles. The third kappa shape index (κ3) is 3.11. The van der Waals surface area contributed by atoms with Crippen LogP contribution in [0.5, 0.6) is 0 Å². The molecule has 1 saturated heterocycles. The topological polar surface area (TPSA) is 64.4 Å². The van der Waals surface area contributed by atoms with E-state index in [9.17, 15) is 10.1 Å². The fourth-order valence-corrected chi connectivity index (χ4v) is 2.45. The lowest BCUT2D eigenvalue weighted by molar-refractivity contribution is -0.385. The van der Waals surface area contributed by atoms with Gasteiger partial charge in [-0.25, -0.2) is 0 Å². The Hall–Kier alpha value is -1.46. The summed E-state index contributed by atoms with van der Waals surface area (Å²) in [6, 6.07) is 6.91. The largest absolute Gasteiger partial charge is 0.377 e. The zero-order valence-corrected chi connectivity index (χ0v) is 11.4. The van der Waals surface area contributed by atoms with Gasteiger partial charge in [0.1, 0.15) is 0 Å². The first-order valence-electron chi connectivity index (χ1n) is 6.62. The molecule has 1 heterocycles. The highest BCUT2D eigenvalue weighted by molar-refractivity contribution is 5.39. The summed E-state index contributed by atoms with van der Waals surface area (Å²) in [6.07, 6.45) is 1.81. The molecule has 2 atom stereocenters. The molecule has 2 rings (SSSR count). The SMILES string of the molecule is CC1OCCC1(C)NCCc1ccccc1[N+](=O)[O-]. The van der Waals surface area contributed by atoms with Crippen molar-refractivity contribution in [2.45, 2.75) is 38.3 Å². The minimum Gasteiger partial charge on any atom is -0.377 e. The fraction of sp³-hybridized carbons (Fsp3) is 0.571. The second-order valence-corrected chi connectivity index (χ2v) is 5.24. The predicted octanol–water partition coefficient (Wildman–Crippen LogP) is 2.29. The van der Waals surface area contributed by atoms with E-state index in [4.69, 9.17) is 4.74 Å². The lowest BCUT2D eigenvalue weighted by Gasteiger charge is -2.29. The van der Waals surface area contributed by atoms with Gasteiger partial charge in [-0.2, -0.15) is 0 Å².